The smallest absolute Gasteiger partial charge is 0.175 e. The third-order valence-electron chi connectivity index (χ3n) is 3.16. The molecule has 0 spiro atoms. The van der Waals surface area contributed by atoms with Crippen LogP contribution >= 0.6 is 28.3 Å². The van der Waals surface area contributed by atoms with Crippen LogP contribution in [0.15, 0.2) is 46.9 Å². The third kappa shape index (κ3) is 6.05. The minimum atomic E-state index is 0. The van der Waals surface area contributed by atoms with Gasteiger partial charge in [0.15, 0.2) is 11.5 Å². The van der Waals surface area contributed by atoms with Gasteiger partial charge in [-0.2, -0.15) is 0 Å². The van der Waals surface area contributed by atoms with Gasteiger partial charge in [0.25, 0.3) is 0 Å². The zero-order valence-electron chi connectivity index (χ0n) is 13.5. The Kier molecular flexibility index (Phi) is 9.07. The minimum Gasteiger partial charge on any atom is -0.490 e. The van der Waals surface area contributed by atoms with Crippen molar-refractivity contribution < 1.29 is 9.47 Å². The van der Waals surface area contributed by atoms with Crippen LogP contribution < -0.4 is 14.8 Å². The Balaban J connectivity index is 0.00000264. The Bertz CT molecular complexity index is 593. The largest absolute Gasteiger partial charge is 0.490 e. The molecule has 0 aliphatic heterocycles. The fraction of sp³-hybridized carbons (Fsp3) is 0.333. The van der Waals surface area contributed by atoms with Crippen molar-refractivity contribution in [2.75, 3.05) is 13.2 Å². The van der Waals surface area contributed by atoms with E-state index in [0.717, 1.165) is 34.6 Å². The summed E-state index contributed by atoms with van der Waals surface area (Å²) in [5, 5.41) is 3.45. The lowest BCUT2D eigenvalue weighted by molar-refractivity contribution is 0.286. The maximum Gasteiger partial charge on any atom is 0.175 e. The van der Waals surface area contributed by atoms with Gasteiger partial charge in [-0.25, -0.2) is 0 Å². The molecule has 3 nitrogen and oxygen atoms in total. The maximum absolute atomic E-state index is 5.69. The van der Waals surface area contributed by atoms with Gasteiger partial charge >= 0.3 is 0 Å². The van der Waals surface area contributed by atoms with E-state index in [1.807, 2.05) is 26.0 Å². The van der Waals surface area contributed by atoms with Crippen LogP contribution in [-0.2, 0) is 13.1 Å². The summed E-state index contributed by atoms with van der Waals surface area (Å²) < 4.78 is 12.3. The van der Waals surface area contributed by atoms with Crippen LogP contribution in [0.25, 0.3) is 0 Å². The summed E-state index contributed by atoms with van der Waals surface area (Å²) >= 11 is 3.57. The predicted octanol–water partition coefficient (Wildman–Crippen LogP) is 4.96. The maximum atomic E-state index is 5.69. The van der Waals surface area contributed by atoms with Crippen LogP contribution in [0.5, 0.6) is 11.5 Å². The SMILES string of the molecule is CCOc1cc(CNCc2ccccc2)cc(Br)c1OCC.Cl. The van der Waals surface area contributed by atoms with Crippen LogP contribution in [0.3, 0.4) is 0 Å². The van der Waals surface area contributed by atoms with Crippen molar-refractivity contribution in [1.29, 1.82) is 0 Å². The Hall–Kier alpha value is -1.23. The van der Waals surface area contributed by atoms with E-state index in [1.54, 1.807) is 0 Å². The zero-order valence-corrected chi connectivity index (χ0v) is 15.9. The summed E-state index contributed by atoms with van der Waals surface area (Å²) in [5.41, 5.74) is 2.44. The number of nitrogens with one attached hydrogen (secondary N) is 1. The molecule has 0 unspecified atom stereocenters. The molecule has 0 saturated heterocycles. The lowest BCUT2D eigenvalue weighted by atomic mass is 10.2. The molecule has 2 aromatic carbocycles. The van der Waals surface area contributed by atoms with Crippen LogP contribution in [0.1, 0.15) is 25.0 Å². The fourth-order valence-electron chi connectivity index (χ4n) is 2.22. The molecule has 0 bridgehead atoms. The first-order valence-electron chi connectivity index (χ1n) is 7.57. The van der Waals surface area contributed by atoms with E-state index in [0.29, 0.717) is 13.2 Å². The van der Waals surface area contributed by atoms with Crippen molar-refractivity contribution in [3.05, 3.63) is 58.1 Å². The minimum absolute atomic E-state index is 0. The highest BCUT2D eigenvalue weighted by Crippen LogP contribution is 2.36. The normalized spacial score (nSPS) is 10.0. The molecule has 0 aliphatic carbocycles. The predicted molar refractivity (Wildman–Crippen MR) is 101 cm³/mol. The number of benzene rings is 2. The van der Waals surface area contributed by atoms with Gasteiger partial charge in [-0.15, -0.1) is 12.4 Å². The summed E-state index contributed by atoms with van der Waals surface area (Å²) in [6, 6.07) is 14.5. The highest BCUT2D eigenvalue weighted by atomic mass is 79.9. The van der Waals surface area contributed by atoms with Gasteiger partial charge in [-0.3, -0.25) is 0 Å². The number of ether oxygens (including phenoxy) is 2. The Morgan fingerprint density at radius 2 is 1.57 bits per heavy atom. The van der Waals surface area contributed by atoms with Gasteiger partial charge in [-0.05, 0) is 53.0 Å². The van der Waals surface area contributed by atoms with Crippen molar-refractivity contribution in [2.24, 2.45) is 0 Å². The molecule has 126 valence electrons. The first kappa shape index (κ1) is 19.8. The summed E-state index contributed by atoms with van der Waals surface area (Å²) in [5.74, 6) is 1.56. The molecule has 0 aliphatic rings. The van der Waals surface area contributed by atoms with E-state index in [2.05, 4.69) is 51.6 Å². The van der Waals surface area contributed by atoms with E-state index in [9.17, 15) is 0 Å². The monoisotopic (exact) mass is 399 g/mol. The van der Waals surface area contributed by atoms with Gasteiger partial charge in [-0.1, -0.05) is 30.3 Å². The summed E-state index contributed by atoms with van der Waals surface area (Å²) in [4.78, 5) is 0. The zero-order chi connectivity index (χ0) is 15.8. The highest BCUT2D eigenvalue weighted by molar-refractivity contribution is 9.10. The lowest BCUT2D eigenvalue weighted by Crippen LogP contribution is -2.13. The summed E-state index contributed by atoms with van der Waals surface area (Å²) in [6.45, 7) is 6.80. The highest BCUT2D eigenvalue weighted by Gasteiger charge is 2.11. The molecule has 0 aromatic heterocycles. The van der Waals surface area contributed by atoms with Crippen molar-refractivity contribution in [2.45, 2.75) is 26.9 Å². The second kappa shape index (κ2) is 10.5. The van der Waals surface area contributed by atoms with Crippen molar-refractivity contribution >= 4 is 28.3 Å². The Labute approximate surface area is 152 Å². The van der Waals surface area contributed by atoms with Crippen molar-refractivity contribution in [3.8, 4) is 11.5 Å². The molecule has 0 saturated carbocycles. The number of hydrogen-bond donors (Lipinski definition) is 1. The summed E-state index contributed by atoms with van der Waals surface area (Å²) in [6.07, 6.45) is 0. The van der Waals surface area contributed by atoms with Crippen molar-refractivity contribution in [3.63, 3.8) is 0 Å². The molecule has 23 heavy (non-hydrogen) atoms. The summed E-state index contributed by atoms with van der Waals surface area (Å²) in [7, 11) is 0. The van der Waals surface area contributed by atoms with Crippen LogP contribution in [0.2, 0.25) is 0 Å². The Morgan fingerprint density at radius 3 is 2.22 bits per heavy atom. The van der Waals surface area contributed by atoms with Crippen LogP contribution in [-0.4, -0.2) is 13.2 Å². The second-order valence-corrected chi connectivity index (χ2v) is 5.71. The Morgan fingerprint density at radius 1 is 0.913 bits per heavy atom. The molecule has 0 heterocycles. The molecule has 0 radical (unpaired) electrons. The average molecular weight is 401 g/mol. The van der Waals surface area contributed by atoms with Gasteiger partial charge in [0.2, 0.25) is 0 Å². The van der Waals surface area contributed by atoms with E-state index in [-0.39, 0.29) is 12.4 Å². The standard InChI is InChI=1S/C18H22BrNO2.ClH/c1-3-21-17-11-15(10-16(19)18(17)22-4-2)13-20-12-14-8-6-5-7-9-14;/h5-11,20H,3-4,12-13H2,1-2H3;1H. The van der Waals surface area contributed by atoms with Crippen LogP contribution in [0, 0.1) is 0 Å². The van der Waals surface area contributed by atoms with Gasteiger partial charge in [0, 0.05) is 13.1 Å². The quantitative estimate of drug-likeness (QED) is 0.679. The third-order valence-corrected chi connectivity index (χ3v) is 3.75. The number of hydrogen-bond acceptors (Lipinski definition) is 3. The van der Waals surface area contributed by atoms with Crippen LogP contribution in [0.4, 0.5) is 0 Å². The topological polar surface area (TPSA) is 30.5 Å². The molecular weight excluding hydrogens is 378 g/mol. The first-order valence-corrected chi connectivity index (χ1v) is 8.36. The van der Waals surface area contributed by atoms with E-state index in [1.165, 1.54) is 5.56 Å². The molecule has 0 atom stereocenters. The molecular formula is C18H23BrClNO2. The van der Waals surface area contributed by atoms with Gasteiger partial charge < -0.3 is 14.8 Å². The van der Waals surface area contributed by atoms with Gasteiger partial charge in [0.1, 0.15) is 0 Å². The molecule has 2 rings (SSSR count). The number of halogens is 2. The molecule has 5 heteroatoms. The first-order chi connectivity index (χ1) is 10.7. The van der Waals surface area contributed by atoms with Gasteiger partial charge in [0.05, 0.1) is 17.7 Å². The van der Waals surface area contributed by atoms with E-state index < -0.39 is 0 Å². The number of rotatable bonds is 8. The van der Waals surface area contributed by atoms with Crippen molar-refractivity contribution in [1.82, 2.24) is 5.32 Å². The average Bonchev–Trinajstić information content (AvgIpc) is 2.52. The fourth-order valence-corrected chi connectivity index (χ4v) is 2.82. The second-order valence-electron chi connectivity index (χ2n) is 4.86. The molecule has 0 fully saturated rings. The van der Waals surface area contributed by atoms with E-state index >= 15 is 0 Å². The molecule has 0 amide bonds. The molecule has 1 N–H and O–H groups in total. The lowest BCUT2D eigenvalue weighted by Gasteiger charge is -2.15. The molecule has 2 aromatic rings. The van der Waals surface area contributed by atoms with E-state index in [4.69, 9.17) is 9.47 Å².